The van der Waals surface area contributed by atoms with Gasteiger partial charge in [-0.3, -0.25) is 9.97 Å². The predicted molar refractivity (Wildman–Crippen MR) is 120 cm³/mol. The van der Waals surface area contributed by atoms with E-state index in [1.807, 2.05) is 43.3 Å². The van der Waals surface area contributed by atoms with E-state index in [1.54, 1.807) is 31.8 Å². The van der Waals surface area contributed by atoms with Crippen LogP contribution in [0, 0.1) is 24.2 Å². The normalized spacial score (nSPS) is 12.3. The standard InChI is InChI=1S/C16H17N3O.C6H7NO.C2H2/c1-2-4-13(17)12-9-15-14(5-3-8-18-15)19-16(12)20-10-11-6-7-11;1-8-6-3-2-4-7-5-6;1-2/h2-5,8-9,11,17H,6-7,10H2,1H3;2-5H,1H3;1-2H/b4-2-,17-13?;;. The van der Waals surface area contributed by atoms with E-state index in [0.717, 1.165) is 16.8 Å². The van der Waals surface area contributed by atoms with Crippen molar-refractivity contribution in [2.75, 3.05) is 13.7 Å². The summed E-state index contributed by atoms with van der Waals surface area (Å²) < 4.78 is 10.7. The van der Waals surface area contributed by atoms with Crippen LogP contribution in [0.15, 0.2) is 61.1 Å². The molecule has 4 rings (SSSR count). The Morgan fingerprint density at radius 1 is 1.20 bits per heavy atom. The van der Waals surface area contributed by atoms with Gasteiger partial charge < -0.3 is 14.9 Å². The molecule has 0 bridgehead atoms. The van der Waals surface area contributed by atoms with E-state index in [-0.39, 0.29) is 0 Å². The zero-order chi connectivity index (χ0) is 21.8. The van der Waals surface area contributed by atoms with Gasteiger partial charge >= 0.3 is 0 Å². The Hall–Kier alpha value is -3.72. The summed E-state index contributed by atoms with van der Waals surface area (Å²) in [6.07, 6.45) is 19.2. The molecule has 0 aliphatic heterocycles. The Bertz CT molecular complexity index is 996. The fourth-order valence-electron chi connectivity index (χ4n) is 2.49. The number of nitrogens with one attached hydrogen (secondary N) is 1. The highest BCUT2D eigenvalue weighted by molar-refractivity contribution is 6.09. The average Bonchev–Trinajstić information content (AvgIpc) is 3.64. The first-order chi connectivity index (χ1) is 14.7. The Morgan fingerprint density at radius 2 is 1.97 bits per heavy atom. The van der Waals surface area contributed by atoms with Crippen molar-refractivity contribution < 1.29 is 9.47 Å². The fraction of sp³-hybridized carbons (Fsp3) is 0.250. The molecule has 154 valence electrons. The van der Waals surface area contributed by atoms with Crippen LogP contribution in [0.25, 0.3) is 11.0 Å². The first-order valence-electron chi connectivity index (χ1n) is 9.58. The van der Waals surface area contributed by atoms with Crippen LogP contribution in [0.2, 0.25) is 0 Å². The maximum Gasteiger partial charge on any atom is 0.223 e. The second kappa shape index (κ2) is 12.0. The number of ether oxygens (including phenoxy) is 2. The number of aromatic nitrogens is 3. The van der Waals surface area contributed by atoms with Gasteiger partial charge in [0.05, 0.1) is 42.2 Å². The maximum absolute atomic E-state index is 8.11. The number of terminal acetylenes is 1. The topological polar surface area (TPSA) is 81.0 Å². The second-order valence-corrected chi connectivity index (χ2v) is 6.44. The number of fused-ring (bicyclic) bond motifs is 1. The van der Waals surface area contributed by atoms with Gasteiger partial charge in [-0.05, 0) is 62.1 Å². The molecule has 0 unspecified atom stereocenters. The summed E-state index contributed by atoms with van der Waals surface area (Å²) in [7, 11) is 1.62. The molecule has 1 fully saturated rings. The van der Waals surface area contributed by atoms with Gasteiger partial charge in [-0.2, -0.15) is 0 Å². The lowest BCUT2D eigenvalue weighted by molar-refractivity contribution is 0.289. The highest BCUT2D eigenvalue weighted by atomic mass is 16.5. The van der Waals surface area contributed by atoms with Gasteiger partial charge in [0, 0.05) is 12.4 Å². The number of hydrogen-bond acceptors (Lipinski definition) is 6. The SMILES string of the molecule is C#C.C/C=C\C(=N)c1cc2ncccc2nc1OCC1CC1.COc1cccnc1. The van der Waals surface area contributed by atoms with E-state index in [2.05, 4.69) is 27.8 Å². The highest BCUT2D eigenvalue weighted by Gasteiger charge is 2.23. The largest absolute Gasteiger partial charge is 0.495 e. The van der Waals surface area contributed by atoms with Gasteiger partial charge in [0.25, 0.3) is 0 Å². The predicted octanol–water partition coefficient (Wildman–Crippen LogP) is 4.70. The van der Waals surface area contributed by atoms with E-state index >= 15 is 0 Å². The minimum Gasteiger partial charge on any atom is -0.495 e. The molecule has 1 N–H and O–H groups in total. The highest BCUT2D eigenvalue weighted by Crippen LogP contribution is 2.30. The molecule has 6 nitrogen and oxygen atoms in total. The lowest BCUT2D eigenvalue weighted by Gasteiger charge is -2.10. The molecule has 0 saturated heterocycles. The maximum atomic E-state index is 8.11. The smallest absolute Gasteiger partial charge is 0.223 e. The average molecular weight is 402 g/mol. The van der Waals surface area contributed by atoms with Crippen molar-refractivity contribution >= 4 is 16.7 Å². The first kappa shape index (κ1) is 22.6. The van der Waals surface area contributed by atoms with Gasteiger partial charge in [0.2, 0.25) is 5.88 Å². The number of pyridine rings is 3. The molecule has 6 heteroatoms. The summed E-state index contributed by atoms with van der Waals surface area (Å²) >= 11 is 0. The molecule has 0 atom stereocenters. The summed E-state index contributed by atoms with van der Waals surface area (Å²) in [6.45, 7) is 2.58. The van der Waals surface area contributed by atoms with Crippen LogP contribution >= 0.6 is 0 Å². The molecular weight excluding hydrogens is 376 g/mol. The Balaban J connectivity index is 0.000000269. The monoisotopic (exact) mass is 402 g/mol. The molecule has 30 heavy (non-hydrogen) atoms. The molecule has 0 amide bonds. The minimum atomic E-state index is 0.401. The molecule has 0 radical (unpaired) electrons. The van der Waals surface area contributed by atoms with E-state index in [4.69, 9.17) is 14.9 Å². The minimum absolute atomic E-state index is 0.401. The summed E-state index contributed by atoms with van der Waals surface area (Å²) in [6, 6.07) is 9.34. The molecular formula is C24H26N4O2. The summed E-state index contributed by atoms with van der Waals surface area (Å²) in [5, 5.41) is 8.11. The molecule has 3 aromatic heterocycles. The second-order valence-electron chi connectivity index (χ2n) is 6.44. The van der Waals surface area contributed by atoms with E-state index in [1.165, 1.54) is 12.8 Å². The van der Waals surface area contributed by atoms with Crippen molar-refractivity contribution in [1.82, 2.24) is 15.0 Å². The van der Waals surface area contributed by atoms with Crippen molar-refractivity contribution in [3.05, 3.63) is 66.6 Å². The third-order valence-corrected chi connectivity index (χ3v) is 4.20. The molecule has 1 saturated carbocycles. The van der Waals surface area contributed by atoms with Crippen LogP contribution in [0.5, 0.6) is 11.6 Å². The summed E-state index contributed by atoms with van der Waals surface area (Å²) in [4.78, 5) is 12.6. The Labute approximate surface area is 177 Å². The number of methoxy groups -OCH3 is 1. The van der Waals surface area contributed by atoms with Crippen LogP contribution in [-0.4, -0.2) is 34.4 Å². The number of rotatable bonds is 6. The zero-order valence-corrected chi connectivity index (χ0v) is 17.3. The molecule has 3 aromatic rings. The van der Waals surface area contributed by atoms with Gasteiger partial charge in [0.15, 0.2) is 0 Å². The van der Waals surface area contributed by atoms with Gasteiger partial charge in [-0.15, -0.1) is 12.8 Å². The zero-order valence-electron chi connectivity index (χ0n) is 17.3. The van der Waals surface area contributed by atoms with Crippen molar-refractivity contribution in [3.63, 3.8) is 0 Å². The summed E-state index contributed by atoms with van der Waals surface area (Å²) in [5.74, 6) is 2.00. The van der Waals surface area contributed by atoms with Crippen LogP contribution < -0.4 is 9.47 Å². The fourth-order valence-corrected chi connectivity index (χ4v) is 2.49. The van der Waals surface area contributed by atoms with Gasteiger partial charge in [-0.25, -0.2) is 4.98 Å². The lowest BCUT2D eigenvalue weighted by Crippen LogP contribution is -2.07. The van der Waals surface area contributed by atoms with Crippen LogP contribution in [0.1, 0.15) is 25.3 Å². The van der Waals surface area contributed by atoms with Crippen LogP contribution in [-0.2, 0) is 0 Å². The molecule has 3 heterocycles. The van der Waals surface area contributed by atoms with Crippen molar-refractivity contribution in [2.24, 2.45) is 5.92 Å². The van der Waals surface area contributed by atoms with Crippen LogP contribution in [0.4, 0.5) is 0 Å². The lowest BCUT2D eigenvalue weighted by atomic mass is 10.1. The van der Waals surface area contributed by atoms with Crippen LogP contribution in [0.3, 0.4) is 0 Å². The summed E-state index contributed by atoms with van der Waals surface area (Å²) in [5.41, 5.74) is 2.69. The van der Waals surface area contributed by atoms with E-state index < -0.39 is 0 Å². The number of nitrogens with zero attached hydrogens (tertiary/aromatic N) is 3. The number of hydrogen-bond donors (Lipinski definition) is 1. The number of allylic oxidation sites excluding steroid dienone is 2. The molecule has 1 aliphatic rings. The van der Waals surface area contributed by atoms with Crippen molar-refractivity contribution in [3.8, 4) is 24.5 Å². The molecule has 0 aromatic carbocycles. The quantitative estimate of drug-likeness (QED) is 0.477. The van der Waals surface area contributed by atoms with Crippen molar-refractivity contribution in [2.45, 2.75) is 19.8 Å². The Kier molecular flexibility index (Phi) is 9.01. The Morgan fingerprint density at radius 3 is 2.57 bits per heavy atom. The van der Waals surface area contributed by atoms with Crippen molar-refractivity contribution in [1.29, 1.82) is 5.41 Å². The third kappa shape index (κ3) is 6.71. The van der Waals surface area contributed by atoms with E-state index in [9.17, 15) is 0 Å². The van der Waals surface area contributed by atoms with Gasteiger partial charge in [-0.1, -0.05) is 6.08 Å². The molecule has 0 spiro atoms. The van der Waals surface area contributed by atoms with Gasteiger partial charge in [0.1, 0.15) is 5.75 Å². The third-order valence-electron chi connectivity index (χ3n) is 4.20. The molecule has 1 aliphatic carbocycles. The van der Waals surface area contributed by atoms with E-state index in [0.29, 0.717) is 29.7 Å². The first-order valence-corrected chi connectivity index (χ1v) is 9.58.